The van der Waals surface area contributed by atoms with Gasteiger partial charge in [0.15, 0.2) is 0 Å². The monoisotopic (exact) mass is 332 g/mol. The van der Waals surface area contributed by atoms with Gasteiger partial charge in [-0.1, -0.05) is 29.8 Å². The van der Waals surface area contributed by atoms with Crippen LogP contribution >= 0.6 is 11.6 Å². The van der Waals surface area contributed by atoms with E-state index < -0.39 is 0 Å². The molecule has 5 nitrogen and oxygen atoms in total. The highest BCUT2D eigenvalue weighted by Crippen LogP contribution is 2.30. The first-order chi connectivity index (χ1) is 11.0. The number of rotatable bonds is 5. The fraction of sp³-hybridized carbons (Fsp3) is 0.176. The molecule has 0 unspecified atom stereocenters. The first-order valence-electron chi connectivity index (χ1n) is 6.98. The lowest BCUT2D eigenvalue weighted by Crippen LogP contribution is -2.32. The minimum absolute atomic E-state index is 0.150. The Labute approximate surface area is 139 Å². The minimum atomic E-state index is -0.368. The van der Waals surface area contributed by atoms with Gasteiger partial charge in [-0.15, -0.1) is 0 Å². The van der Waals surface area contributed by atoms with E-state index in [2.05, 4.69) is 10.6 Å². The van der Waals surface area contributed by atoms with Gasteiger partial charge >= 0.3 is 0 Å². The number of anilines is 1. The third-order valence-corrected chi connectivity index (χ3v) is 3.61. The van der Waals surface area contributed by atoms with Crippen LogP contribution in [-0.4, -0.2) is 25.5 Å². The van der Waals surface area contributed by atoms with Crippen molar-refractivity contribution in [2.45, 2.75) is 6.92 Å². The van der Waals surface area contributed by atoms with Crippen molar-refractivity contribution >= 4 is 29.1 Å². The van der Waals surface area contributed by atoms with Crippen molar-refractivity contribution in [3.05, 3.63) is 58.6 Å². The van der Waals surface area contributed by atoms with E-state index in [1.807, 2.05) is 13.0 Å². The van der Waals surface area contributed by atoms with Gasteiger partial charge in [-0.2, -0.15) is 0 Å². The topological polar surface area (TPSA) is 67.4 Å². The van der Waals surface area contributed by atoms with E-state index in [4.69, 9.17) is 16.3 Å². The number of halogens is 1. The number of methoxy groups -OCH3 is 1. The molecule has 2 aromatic carbocycles. The zero-order valence-electron chi connectivity index (χ0n) is 12.9. The molecule has 0 atom stereocenters. The Morgan fingerprint density at radius 3 is 2.52 bits per heavy atom. The van der Waals surface area contributed by atoms with Gasteiger partial charge in [0, 0.05) is 10.6 Å². The number of benzene rings is 2. The fourth-order valence-electron chi connectivity index (χ4n) is 1.97. The zero-order valence-corrected chi connectivity index (χ0v) is 13.6. The Balaban J connectivity index is 1.98. The number of amides is 2. The van der Waals surface area contributed by atoms with Gasteiger partial charge in [-0.25, -0.2) is 0 Å². The summed E-state index contributed by atoms with van der Waals surface area (Å²) in [5.41, 5.74) is 1.80. The van der Waals surface area contributed by atoms with Gasteiger partial charge in [-0.05, 0) is 36.8 Å². The number of ether oxygens (including phenoxy) is 1. The van der Waals surface area contributed by atoms with E-state index >= 15 is 0 Å². The van der Waals surface area contributed by atoms with E-state index in [9.17, 15) is 9.59 Å². The molecule has 0 fully saturated rings. The average Bonchev–Trinajstić information content (AvgIpc) is 2.56. The maximum Gasteiger partial charge on any atom is 0.251 e. The second kappa shape index (κ2) is 7.65. The molecule has 0 saturated carbocycles. The van der Waals surface area contributed by atoms with Crippen molar-refractivity contribution in [3.8, 4) is 5.75 Å². The first-order valence-corrected chi connectivity index (χ1v) is 7.36. The van der Waals surface area contributed by atoms with Gasteiger partial charge in [0.25, 0.3) is 5.91 Å². The summed E-state index contributed by atoms with van der Waals surface area (Å²) in [6, 6.07) is 12.0. The van der Waals surface area contributed by atoms with Crippen molar-refractivity contribution in [2.75, 3.05) is 19.0 Å². The lowest BCUT2D eigenvalue weighted by Gasteiger charge is -2.12. The Morgan fingerprint density at radius 2 is 1.87 bits per heavy atom. The summed E-state index contributed by atoms with van der Waals surface area (Å²) in [6.07, 6.45) is 0. The van der Waals surface area contributed by atoms with Crippen LogP contribution in [0.25, 0.3) is 0 Å². The molecule has 2 N–H and O–H groups in total. The van der Waals surface area contributed by atoms with Crippen LogP contribution in [-0.2, 0) is 4.79 Å². The molecular weight excluding hydrogens is 316 g/mol. The highest BCUT2D eigenvalue weighted by atomic mass is 35.5. The van der Waals surface area contributed by atoms with Gasteiger partial charge in [0.2, 0.25) is 5.91 Å². The molecule has 0 saturated heterocycles. The van der Waals surface area contributed by atoms with E-state index in [0.29, 0.717) is 22.0 Å². The molecule has 2 rings (SSSR count). The van der Waals surface area contributed by atoms with Crippen LogP contribution in [0.4, 0.5) is 5.69 Å². The van der Waals surface area contributed by atoms with Crippen LogP contribution in [0.3, 0.4) is 0 Å². The van der Waals surface area contributed by atoms with Crippen LogP contribution in [0.15, 0.2) is 42.5 Å². The standard InChI is InChI=1S/C17H17ClN2O3/c1-11-8-15(23-2)14(9-13(11)18)20-16(21)10-19-17(22)12-6-4-3-5-7-12/h3-9H,10H2,1-2H3,(H,19,22)(H,20,21). The largest absolute Gasteiger partial charge is 0.495 e. The van der Waals surface area contributed by atoms with E-state index in [1.54, 1.807) is 36.4 Å². The molecule has 0 bridgehead atoms. The number of hydrogen-bond donors (Lipinski definition) is 2. The lowest BCUT2D eigenvalue weighted by atomic mass is 10.2. The predicted molar refractivity (Wildman–Crippen MR) is 90.1 cm³/mol. The summed E-state index contributed by atoms with van der Waals surface area (Å²) in [5, 5.41) is 5.75. The molecule has 0 aliphatic heterocycles. The average molecular weight is 333 g/mol. The molecule has 2 aromatic rings. The number of carbonyl (C=O) groups is 2. The maximum absolute atomic E-state index is 12.0. The van der Waals surface area contributed by atoms with Crippen molar-refractivity contribution in [2.24, 2.45) is 0 Å². The third-order valence-electron chi connectivity index (χ3n) is 3.20. The molecule has 23 heavy (non-hydrogen) atoms. The number of nitrogens with one attached hydrogen (secondary N) is 2. The summed E-state index contributed by atoms with van der Waals surface area (Å²) in [7, 11) is 1.51. The predicted octanol–water partition coefficient (Wildman–Crippen LogP) is 3.03. The van der Waals surface area contributed by atoms with Crippen molar-refractivity contribution in [1.29, 1.82) is 0 Å². The molecule has 0 radical (unpaired) electrons. The molecule has 120 valence electrons. The maximum atomic E-state index is 12.0. The van der Waals surface area contributed by atoms with Crippen LogP contribution in [0.5, 0.6) is 5.75 Å². The van der Waals surface area contributed by atoms with E-state index in [-0.39, 0.29) is 18.4 Å². The molecule has 0 aliphatic carbocycles. The normalized spacial score (nSPS) is 10.0. The number of aryl methyl sites for hydroxylation is 1. The first kappa shape index (κ1) is 16.8. The van der Waals surface area contributed by atoms with Crippen LogP contribution in [0.2, 0.25) is 5.02 Å². The van der Waals surface area contributed by atoms with Crippen molar-refractivity contribution < 1.29 is 14.3 Å². The molecule has 6 heteroatoms. The van der Waals surface area contributed by atoms with Gasteiger partial charge in [0.05, 0.1) is 19.3 Å². The molecule has 2 amide bonds. The Morgan fingerprint density at radius 1 is 1.17 bits per heavy atom. The van der Waals surface area contributed by atoms with E-state index in [0.717, 1.165) is 5.56 Å². The number of carbonyl (C=O) groups excluding carboxylic acids is 2. The second-order valence-corrected chi connectivity index (χ2v) is 5.31. The zero-order chi connectivity index (χ0) is 16.8. The minimum Gasteiger partial charge on any atom is -0.495 e. The molecule has 0 heterocycles. The highest BCUT2D eigenvalue weighted by molar-refractivity contribution is 6.31. The molecular formula is C17H17ClN2O3. The van der Waals surface area contributed by atoms with Crippen LogP contribution in [0.1, 0.15) is 15.9 Å². The fourth-order valence-corrected chi connectivity index (χ4v) is 2.13. The third kappa shape index (κ3) is 4.47. The smallest absolute Gasteiger partial charge is 0.251 e. The molecule has 0 aromatic heterocycles. The van der Waals surface area contributed by atoms with Crippen molar-refractivity contribution in [3.63, 3.8) is 0 Å². The summed E-state index contributed by atoms with van der Waals surface area (Å²) < 4.78 is 5.22. The van der Waals surface area contributed by atoms with Gasteiger partial charge in [0.1, 0.15) is 5.75 Å². The quantitative estimate of drug-likeness (QED) is 0.884. The summed E-state index contributed by atoms with van der Waals surface area (Å²) in [6.45, 7) is 1.69. The van der Waals surface area contributed by atoms with Crippen LogP contribution < -0.4 is 15.4 Å². The summed E-state index contributed by atoms with van der Waals surface area (Å²) in [4.78, 5) is 23.9. The summed E-state index contributed by atoms with van der Waals surface area (Å²) in [5.74, 6) is -0.170. The van der Waals surface area contributed by atoms with Gasteiger partial charge < -0.3 is 15.4 Å². The molecule has 0 aliphatic rings. The van der Waals surface area contributed by atoms with Crippen molar-refractivity contribution in [1.82, 2.24) is 5.32 Å². The number of hydrogen-bond acceptors (Lipinski definition) is 3. The summed E-state index contributed by atoms with van der Waals surface area (Å²) >= 11 is 6.06. The SMILES string of the molecule is COc1cc(C)c(Cl)cc1NC(=O)CNC(=O)c1ccccc1. The van der Waals surface area contributed by atoms with Gasteiger partial charge in [-0.3, -0.25) is 9.59 Å². The Hall–Kier alpha value is -2.53. The Kier molecular flexibility index (Phi) is 5.60. The van der Waals surface area contributed by atoms with E-state index in [1.165, 1.54) is 7.11 Å². The second-order valence-electron chi connectivity index (χ2n) is 4.90. The Bertz CT molecular complexity index is 717. The lowest BCUT2D eigenvalue weighted by molar-refractivity contribution is -0.115. The molecule has 0 spiro atoms. The highest BCUT2D eigenvalue weighted by Gasteiger charge is 2.12. The van der Waals surface area contributed by atoms with Crippen LogP contribution in [0, 0.1) is 6.92 Å².